The minimum absolute atomic E-state index is 0.0835. The third-order valence-corrected chi connectivity index (χ3v) is 10.6. The number of nitrogens with zero attached hydrogens (tertiary/aromatic N) is 3. The summed E-state index contributed by atoms with van der Waals surface area (Å²) in [6, 6.07) is 6.57. The summed E-state index contributed by atoms with van der Waals surface area (Å²) in [5.41, 5.74) is 1.85. The first kappa shape index (κ1) is 28.7. The predicted molar refractivity (Wildman–Crippen MR) is 158 cm³/mol. The second-order valence-electron chi connectivity index (χ2n) is 11.4. The average Bonchev–Trinajstić information content (AvgIpc) is 3.35. The van der Waals surface area contributed by atoms with Gasteiger partial charge in [0.05, 0.1) is 35.8 Å². The number of thioether (sulfide) groups is 1. The molecule has 0 aromatic heterocycles. The molecule has 0 saturated carbocycles. The fourth-order valence-electron chi connectivity index (χ4n) is 6.83. The van der Waals surface area contributed by atoms with Gasteiger partial charge < -0.3 is 24.5 Å². The maximum Gasteiger partial charge on any atom is 0.311 e. The van der Waals surface area contributed by atoms with Crippen molar-refractivity contribution in [2.75, 3.05) is 42.6 Å². The van der Waals surface area contributed by atoms with Gasteiger partial charge in [0.2, 0.25) is 5.91 Å². The van der Waals surface area contributed by atoms with Crippen molar-refractivity contribution in [1.82, 2.24) is 4.90 Å². The molecule has 4 aliphatic heterocycles. The lowest BCUT2D eigenvalue weighted by atomic mass is 9.78. The summed E-state index contributed by atoms with van der Waals surface area (Å²) >= 11 is 1.53. The Bertz CT molecular complexity index is 1180. The highest BCUT2D eigenvalue weighted by atomic mass is 32.2. The topological polar surface area (TPSA) is 90.4 Å². The number of carbonyl (C=O) groups is 3. The Balaban J connectivity index is 1.59. The van der Waals surface area contributed by atoms with E-state index in [1.165, 1.54) is 11.8 Å². The molecule has 2 amide bonds. The van der Waals surface area contributed by atoms with Crippen LogP contribution < -0.4 is 9.80 Å². The highest BCUT2D eigenvalue weighted by molar-refractivity contribution is 8.02. The first-order valence-electron chi connectivity index (χ1n) is 14.6. The number of hydrogen-bond donors (Lipinski definition) is 1. The summed E-state index contributed by atoms with van der Waals surface area (Å²) in [7, 11) is 0. The zero-order chi connectivity index (χ0) is 28.6. The van der Waals surface area contributed by atoms with E-state index in [9.17, 15) is 19.5 Å². The van der Waals surface area contributed by atoms with Gasteiger partial charge in [0, 0.05) is 36.3 Å². The summed E-state index contributed by atoms with van der Waals surface area (Å²) in [4.78, 5) is 48.0. The van der Waals surface area contributed by atoms with Gasteiger partial charge in [-0.2, -0.15) is 0 Å². The third-order valence-electron chi connectivity index (χ3n) is 8.89. The second-order valence-corrected chi connectivity index (χ2v) is 12.8. The molecule has 2 saturated heterocycles. The van der Waals surface area contributed by atoms with Gasteiger partial charge in [-0.15, -0.1) is 11.8 Å². The Kier molecular flexibility index (Phi) is 8.34. The number of allylic oxidation sites excluding steroid dienone is 1. The van der Waals surface area contributed by atoms with Crippen LogP contribution in [0.4, 0.5) is 11.4 Å². The van der Waals surface area contributed by atoms with E-state index in [-0.39, 0.29) is 35.6 Å². The quantitative estimate of drug-likeness (QED) is 0.397. The minimum atomic E-state index is -0.940. The van der Waals surface area contributed by atoms with Crippen molar-refractivity contribution in [3.8, 4) is 0 Å². The van der Waals surface area contributed by atoms with Crippen molar-refractivity contribution in [1.29, 1.82) is 0 Å². The number of carbonyl (C=O) groups excluding carboxylic acids is 3. The van der Waals surface area contributed by atoms with E-state index in [2.05, 4.69) is 24.8 Å². The lowest BCUT2D eigenvalue weighted by Crippen LogP contribution is -2.57. The highest BCUT2D eigenvalue weighted by Gasteiger charge is 2.71. The number of hydrogen-bond acceptors (Lipinski definition) is 7. The number of esters is 1. The number of likely N-dealkylation sites (tertiary alicyclic amines) is 1. The van der Waals surface area contributed by atoms with E-state index in [0.29, 0.717) is 13.2 Å². The van der Waals surface area contributed by atoms with Crippen LogP contribution in [0.15, 0.2) is 48.6 Å². The normalized spacial score (nSPS) is 31.5. The van der Waals surface area contributed by atoms with E-state index >= 15 is 0 Å². The average molecular weight is 568 g/mol. The lowest BCUT2D eigenvalue weighted by molar-refractivity contribution is -0.153. The molecule has 1 aromatic rings. The monoisotopic (exact) mass is 567 g/mol. The Labute approximate surface area is 241 Å². The largest absolute Gasteiger partial charge is 0.465 e. The molecule has 0 radical (unpaired) electrons. The number of ether oxygens (including phenoxy) is 1. The summed E-state index contributed by atoms with van der Waals surface area (Å²) in [5, 5.41) is 10.2. The van der Waals surface area contributed by atoms with Gasteiger partial charge in [-0.1, -0.05) is 38.2 Å². The van der Waals surface area contributed by atoms with Crippen LogP contribution in [0.2, 0.25) is 0 Å². The smallest absolute Gasteiger partial charge is 0.311 e. The number of benzene rings is 1. The standard InChI is InChI=1S/C31H41N3O5S/c1-5-32(6-2)21-12-14-22(15-13-21)33-17-10-16-31-26(25-24(40-31)11-8-7-9-18-39-30(25)38)28(36)34(27(31)29(33)37)23(19-35)20(3)4/h8,10-16,20,23-27,35H,5-7,9,17-19H2,1-4H3/b11-8-/t23-,24-,25+,26-,27?,31-/m0/s1. The van der Waals surface area contributed by atoms with Gasteiger partial charge >= 0.3 is 5.97 Å². The molecule has 0 aliphatic carbocycles. The molecule has 1 spiro atoms. The molecule has 9 heteroatoms. The molecule has 8 nitrogen and oxygen atoms in total. The number of rotatable bonds is 7. The Hall–Kier alpha value is -2.78. The third kappa shape index (κ3) is 4.65. The van der Waals surface area contributed by atoms with Crippen LogP contribution in [-0.4, -0.2) is 82.7 Å². The van der Waals surface area contributed by atoms with E-state index in [4.69, 9.17) is 4.74 Å². The van der Waals surface area contributed by atoms with E-state index < -0.39 is 28.7 Å². The minimum Gasteiger partial charge on any atom is -0.465 e. The van der Waals surface area contributed by atoms with Gasteiger partial charge in [-0.05, 0) is 56.9 Å². The van der Waals surface area contributed by atoms with Gasteiger partial charge in [0.15, 0.2) is 0 Å². The first-order valence-corrected chi connectivity index (χ1v) is 15.4. The van der Waals surface area contributed by atoms with Crippen molar-refractivity contribution in [3.63, 3.8) is 0 Å². The highest BCUT2D eigenvalue weighted by Crippen LogP contribution is 2.61. The summed E-state index contributed by atoms with van der Waals surface area (Å²) in [5.74, 6) is -2.34. The molecule has 5 rings (SSSR count). The van der Waals surface area contributed by atoms with Crippen molar-refractivity contribution in [3.05, 3.63) is 48.6 Å². The molecule has 1 unspecified atom stereocenters. The maximum absolute atomic E-state index is 14.6. The van der Waals surface area contributed by atoms with E-state index in [0.717, 1.165) is 37.3 Å². The van der Waals surface area contributed by atoms with Gasteiger partial charge in [-0.25, -0.2) is 0 Å². The van der Waals surface area contributed by atoms with Crippen molar-refractivity contribution in [2.24, 2.45) is 17.8 Å². The van der Waals surface area contributed by atoms with Crippen LogP contribution in [0.25, 0.3) is 0 Å². The van der Waals surface area contributed by atoms with Crippen LogP contribution in [0, 0.1) is 17.8 Å². The molecule has 1 aromatic carbocycles. The van der Waals surface area contributed by atoms with Gasteiger partial charge in [-0.3, -0.25) is 14.4 Å². The Morgan fingerprint density at radius 2 is 1.82 bits per heavy atom. The molecule has 1 N–H and O–H groups in total. The number of aliphatic hydroxyl groups is 1. The molecule has 0 bridgehead atoms. The summed E-state index contributed by atoms with van der Waals surface area (Å²) < 4.78 is 4.70. The predicted octanol–water partition coefficient (Wildman–Crippen LogP) is 3.64. The van der Waals surface area contributed by atoms with Crippen LogP contribution >= 0.6 is 11.8 Å². The Morgan fingerprint density at radius 3 is 2.48 bits per heavy atom. The molecular weight excluding hydrogens is 526 g/mol. The number of aliphatic hydroxyl groups excluding tert-OH is 1. The van der Waals surface area contributed by atoms with Crippen molar-refractivity contribution in [2.45, 2.75) is 62.6 Å². The molecule has 4 aliphatic rings. The fraction of sp³-hybridized carbons (Fsp3) is 0.581. The van der Waals surface area contributed by atoms with Crippen molar-refractivity contribution >= 4 is 40.9 Å². The SMILES string of the molecule is CCN(CC)c1ccc(N2CC=C[C@]34S[C@H]5/C=C\CCCOC(=O)[C@H]5[C@H]3C(=O)N([C@@H](CO)C(C)C)C4C2=O)cc1. The number of fused-ring (bicyclic) bond motifs is 2. The zero-order valence-corrected chi connectivity index (χ0v) is 24.7. The second kappa shape index (κ2) is 11.6. The molecular formula is C31H41N3O5S. The summed E-state index contributed by atoms with van der Waals surface area (Å²) in [6.45, 7) is 10.3. The summed E-state index contributed by atoms with van der Waals surface area (Å²) in [6.07, 6.45) is 9.61. The molecule has 40 heavy (non-hydrogen) atoms. The molecule has 4 heterocycles. The first-order chi connectivity index (χ1) is 19.3. The van der Waals surface area contributed by atoms with Crippen LogP contribution in [0.1, 0.15) is 40.5 Å². The van der Waals surface area contributed by atoms with Crippen LogP contribution in [0.5, 0.6) is 0 Å². The van der Waals surface area contributed by atoms with Crippen molar-refractivity contribution < 1.29 is 24.2 Å². The lowest BCUT2D eigenvalue weighted by Gasteiger charge is -2.39. The van der Waals surface area contributed by atoms with E-state index in [1.807, 2.05) is 56.3 Å². The number of amides is 2. The zero-order valence-electron chi connectivity index (χ0n) is 23.9. The van der Waals surface area contributed by atoms with Crippen LogP contribution in [-0.2, 0) is 19.1 Å². The molecule has 6 atom stereocenters. The Morgan fingerprint density at radius 1 is 1.10 bits per heavy atom. The number of cyclic esters (lactones) is 1. The fourth-order valence-corrected chi connectivity index (χ4v) is 8.82. The van der Waals surface area contributed by atoms with E-state index in [1.54, 1.807) is 9.80 Å². The molecule has 216 valence electrons. The molecule has 2 fully saturated rings. The maximum atomic E-state index is 14.6. The van der Waals surface area contributed by atoms with Gasteiger partial charge in [0.25, 0.3) is 5.91 Å². The van der Waals surface area contributed by atoms with Crippen LogP contribution in [0.3, 0.4) is 0 Å². The van der Waals surface area contributed by atoms with Gasteiger partial charge in [0.1, 0.15) is 6.04 Å². The number of anilines is 2.